The van der Waals surface area contributed by atoms with Crippen molar-refractivity contribution >= 4 is 17.5 Å². The number of aryl methyl sites for hydroxylation is 1. The summed E-state index contributed by atoms with van der Waals surface area (Å²) in [5.74, 6) is 1.81. The molecule has 1 aliphatic rings. The Morgan fingerprint density at radius 2 is 2.11 bits per heavy atom. The van der Waals surface area contributed by atoms with Crippen LogP contribution in [0.2, 0.25) is 0 Å². The van der Waals surface area contributed by atoms with Crippen molar-refractivity contribution in [1.82, 2.24) is 25.6 Å². The molecule has 1 fully saturated rings. The normalized spacial score (nSPS) is 16.3. The van der Waals surface area contributed by atoms with Gasteiger partial charge in [-0.15, -0.1) is 0 Å². The molecule has 0 saturated carbocycles. The topological polar surface area (TPSA) is 86.3 Å². The first kappa shape index (κ1) is 20.0. The van der Waals surface area contributed by atoms with Crippen molar-refractivity contribution in [2.24, 2.45) is 0 Å². The van der Waals surface area contributed by atoms with Gasteiger partial charge in [-0.05, 0) is 26.3 Å². The van der Waals surface area contributed by atoms with Gasteiger partial charge in [0.2, 0.25) is 5.82 Å². The van der Waals surface area contributed by atoms with Gasteiger partial charge < -0.3 is 20.4 Å². The van der Waals surface area contributed by atoms with Gasteiger partial charge in [-0.2, -0.15) is 0 Å². The highest BCUT2D eigenvalue weighted by atomic mass is 16.2. The largest absolute Gasteiger partial charge is 0.362 e. The van der Waals surface area contributed by atoms with Gasteiger partial charge in [-0.3, -0.25) is 4.79 Å². The summed E-state index contributed by atoms with van der Waals surface area (Å²) in [5.41, 5.74) is 3.04. The molecule has 3 heterocycles. The molecule has 0 aliphatic carbocycles. The first-order valence-electron chi connectivity index (χ1n) is 9.57. The Morgan fingerprint density at radius 1 is 1.32 bits per heavy atom. The van der Waals surface area contributed by atoms with Crippen molar-refractivity contribution in [3.05, 3.63) is 41.0 Å². The van der Waals surface area contributed by atoms with Gasteiger partial charge in [0.25, 0.3) is 5.91 Å². The zero-order valence-electron chi connectivity index (χ0n) is 17.3. The van der Waals surface area contributed by atoms with E-state index in [0.29, 0.717) is 6.04 Å². The third-order valence-electron chi connectivity index (χ3n) is 5.15. The van der Waals surface area contributed by atoms with Crippen molar-refractivity contribution in [2.75, 3.05) is 44.0 Å². The minimum absolute atomic E-state index is 0.225. The number of pyridine rings is 1. The fourth-order valence-electron chi connectivity index (χ4n) is 3.48. The molecule has 1 aliphatic heterocycles. The van der Waals surface area contributed by atoms with E-state index in [1.54, 1.807) is 7.05 Å². The van der Waals surface area contributed by atoms with E-state index in [1.165, 1.54) is 5.56 Å². The standard InChI is InChI=1S/C20H29N7O/c1-13-14(2)24-17(20(28)21-3)25-18(13)27-10-8-16(12-27)23-11-15-7-6-9-22-19(15)26(4)5/h6-7,9,16,23H,8,10-12H2,1-5H3,(H,21,28)/t16-/m1/s1. The predicted molar refractivity (Wildman–Crippen MR) is 111 cm³/mol. The lowest BCUT2D eigenvalue weighted by Crippen LogP contribution is -2.33. The molecule has 0 unspecified atom stereocenters. The second-order valence-corrected chi connectivity index (χ2v) is 7.35. The number of aromatic nitrogens is 3. The van der Waals surface area contributed by atoms with E-state index >= 15 is 0 Å². The molecule has 2 aromatic heterocycles. The van der Waals surface area contributed by atoms with Gasteiger partial charge >= 0.3 is 0 Å². The predicted octanol–water partition coefficient (Wildman–Crippen LogP) is 1.28. The molecule has 8 heteroatoms. The molecule has 0 aromatic carbocycles. The van der Waals surface area contributed by atoms with Crippen LogP contribution in [-0.4, -0.2) is 61.1 Å². The van der Waals surface area contributed by atoms with Gasteiger partial charge in [0.1, 0.15) is 11.6 Å². The van der Waals surface area contributed by atoms with Crippen molar-refractivity contribution in [3.8, 4) is 0 Å². The highest BCUT2D eigenvalue weighted by Gasteiger charge is 2.26. The molecule has 2 N–H and O–H groups in total. The minimum atomic E-state index is -0.258. The summed E-state index contributed by atoms with van der Waals surface area (Å²) in [5, 5.41) is 6.25. The average Bonchev–Trinajstić information content (AvgIpc) is 3.16. The lowest BCUT2D eigenvalue weighted by molar-refractivity contribution is 0.0952. The highest BCUT2D eigenvalue weighted by Crippen LogP contribution is 2.24. The smallest absolute Gasteiger partial charge is 0.288 e. The Kier molecular flexibility index (Phi) is 6.08. The van der Waals surface area contributed by atoms with Crippen LogP contribution >= 0.6 is 0 Å². The van der Waals surface area contributed by atoms with Gasteiger partial charge in [-0.1, -0.05) is 6.07 Å². The molecule has 3 rings (SSSR count). The van der Waals surface area contributed by atoms with Gasteiger partial charge in [0, 0.05) is 69.8 Å². The van der Waals surface area contributed by atoms with Crippen LogP contribution in [0.1, 0.15) is 33.9 Å². The minimum Gasteiger partial charge on any atom is -0.362 e. The second kappa shape index (κ2) is 8.52. The molecule has 0 radical (unpaired) electrons. The van der Waals surface area contributed by atoms with Gasteiger partial charge in [0.15, 0.2) is 0 Å². The van der Waals surface area contributed by atoms with Crippen LogP contribution < -0.4 is 20.4 Å². The van der Waals surface area contributed by atoms with Crippen molar-refractivity contribution in [3.63, 3.8) is 0 Å². The van der Waals surface area contributed by atoms with Crippen LogP contribution in [-0.2, 0) is 6.54 Å². The maximum Gasteiger partial charge on any atom is 0.288 e. The number of nitrogens with one attached hydrogen (secondary N) is 2. The molecule has 1 amide bonds. The summed E-state index contributed by atoms with van der Waals surface area (Å²) < 4.78 is 0. The van der Waals surface area contributed by atoms with E-state index < -0.39 is 0 Å². The maximum absolute atomic E-state index is 12.0. The molecule has 1 atom stereocenters. The first-order chi connectivity index (χ1) is 13.4. The van der Waals surface area contributed by atoms with E-state index in [-0.39, 0.29) is 11.7 Å². The van der Waals surface area contributed by atoms with Crippen molar-refractivity contribution in [1.29, 1.82) is 0 Å². The molecular formula is C20H29N7O. The number of anilines is 2. The SMILES string of the molecule is CNC(=O)c1nc(C)c(C)c(N2CC[C@@H](NCc3cccnc3N(C)C)C2)n1. The average molecular weight is 384 g/mol. The maximum atomic E-state index is 12.0. The summed E-state index contributed by atoms with van der Waals surface area (Å²) in [4.78, 5) is 29.6. The number of rotatable bonds is 6. The van der Waals surface area contributed by atoms with Crippen molar-refractivity contribution in [2.45, 2.75) is 32.9 Å². The summed E-state index contributed by atoms with van der Waals surface area (Å²) >= 11 is 0. The second-order valence-electron chi connectivity index (χ2n) is 7.35. The lowest BCUT2D eigenvalue weighted by atomic mass is 10.2. The Balaban J connectivity index is 1.69. The molecular weight excluding hydrogens is 354 g/mol. The third-order valence-corrected chi connectivity index (χ3v) is 5.15. The number of carbonyl (C=O) groups excluding carboxylic acids is 1. The number of carbonyl (C=O) groups is 1. The lowest BCUT2D eigenvalue weighted by Gasteiger charge is -2.22. The van der Waals surface area contributed by atoms with E-state index in [1.807, 2.05) is 45.1 Å². The monoisotopic (exact) mass is 383 g/mol. The van der Waals surface area contributed by atoms with Crippen LogP contribution in [0.4, 0.5) is 11.6 Å². The quantitative estimate of drug-likeness (QED) is 0.777. The summed E-state index contributed by atoms with van der Waals surface area (Å²) in [6.45, 7) is 6.45. The fourth-order valence-corrected chi connectivity index (χ4v) is 3.48. The van der Waals surface area contributed by atoms with Crippen LogP contribution in [0, 0.1) is 13.8 Å². The zero-order chi connectivity index (χ0) is 20.3. The van der Waals surface area contributed by atoms with Crippen LogP contribution in [0.25, 0.3) is 0 Å². The fraction of sp³-hybridized carbons (Fsp3) is 0.500. The molecule has 2 aromatic rings. The summed E-state index contributed by atoms with van der Waals surface area (Å²) in [7, 11) is 5.61. The Labute approximate surface area is 166 Å². The highest BCUT2D eigenvalue weighted by molar-refractivity contribution is 5.90. The van der Waals surface area contributed by atoms with Crippen LogP contribution in [0.15, 0.2) is 18.3 Å². The number of hydrogen-bond acceptors (Lipinski definition) is 7. The third kappa shape index (κ3) is 4.22. The molecule has 0 spiro atoms. The molecule has 8 nitrogen and oxygen atoms in total. The van der Waals surface area contributed by atoms with Crippen LogP contribution in [0.3, 0.4) is 0 Å². The Hall–Kier alpha value is -2.74. The summed E-state index contributed by atoms with van der Waals surface area (Å²) in [6.07, 6.45) is 2.84. The van der Waals surface area contributed by atoms with E-state index in [0.717, 1.165) is 48.9 Å². The van der Waals surface area contributed by atoms with Gasteiger partial charge in [0.05, 0.1) is 0 Å². The van der Waals surface area contributed by atoms with E-state index in [9.17, 15) is 4.79 Å². The first-order valence-corrected chi connectivity index (χ1v) is 9.57. The zero-order valence-corrected chi connectivity index (χ0v) is 17.3. The number of amides is 1. The molecule has 28 heavy (non-hydrogen) atoms. The molecule has 150 valence electrons. The number of nitrogens with zero attached hydrogens (tertiary/aromatic N) is 5. The molecule has 0 bridgehead atoms. The Morgan fingerprint density at radius 3 is 2.82 bits per heavy atom. The van der Waals surface area contributed by atoms with E-state index in [4.69, 9.17) is 0 Å². The number of hydrogen-bond donors (Lipinski definition) is 2. The Bertz CT molecular complexity index is 852. The van der Waals surface area contributed by atoms with E-state index in [2.05, 4.69) is 36.6 Å². The molecule has 1 saturated heterocycles. The van der Waals surface area contributed by atoms with Crippen molar-refractivity contribution < 1.29 is 4.79 Å². The van der Waals surface area contributed by atoms with Gasteiger partial charge in [-0.25, -0.2) is 15.0 Å². The summed E-state index contributed by atoms with van der Waals surface area (Å²) in [6, 6.07) is 4.43. The van der Waals surface area contributed by atoms with Crippen LogP contribution in [0.5, 0.6) is 0 Å².